The Morgan fingerprint density at radius 2 is 1.73 bits per heavy atom. The fraction of sp³-hybridized carbons (Fsp3) is 0.724. The SMILES string of the molecule is C[C@]12C=CC(=O)C=C1CC[C@H]1[C@@H]3C[C@@H](O)[C@](O)(C(=O)COC(=O)NCCOC(=O)OCCCCON(O)O)[C@@]3(C)C[C@H](O)[C@@]12F. The lowest BCUT2D eigenvalue weighted by Crippen LogP contribution is -2.69. The van der Waals surface area contributed by atoms with Crippen molar-refractivity contribution in [3.05, 3.63) is 23.8 Å². The first-order valence-electron chi connectivity index (χ1n) is 14.9. The predicted octanol–water partition coefficient (Wildman–Crippen LogP) is 1.30. The molecule has 16 heteroatoms. The summed E-state index contributed by atoms with van der Waals surface area (Å²) in [4.78, 5) is 53.4. The van der Waals surface area contributed by atoms with E-state index in [1.165, 1.54) is 25.2 Å². The maximum Gasteiger partial charge on any atom is 0.508 e. The van der Waals surface area contributed by atoms with Crippen molar-refractivity contribution >= 4 is 23.8 Å². The van der Waals surface area contributed by atoms with Crippen LogP contribution in [0.4, 0.5) is 14.0 Å². The molecule has 0 heterocycles. The van der Waals surface area contributed by atoms with Gasteiger partial charge in [-0.05, 0) is 63.5 Å². The second kappa shape index (κ2) is 13.4. The van der Waals surface area contributed by atoms with Crippen LogP contribution in [0.5, 0.6) is 0 Å². The molecule has 0 aliphatic heterocycles. The Hall–Kier alpha value is -2.99. The fourth-order valence-electron chi connectivity index (χ4n) is 7.86. The standard InChI is InChI=1S/C29H41FN2O13/c1-26-8-7-18(33)13-17(26)5-6-19-20-14-21(34)29(39,27(20,2)15-22(35)28(19,26)30)23(36)16-44-24(37)31-9-12-43-25(38)42-10-3-4-11-45-32(40)41/h7-8,13,19-22,34-35,39-41H,3-6,9-12,14-16H2,1-2H3,(H,31,37)/t19-,20-,21+,22-,26-,27-,28-,29-/m0/s1. The first kappa shape index (κ1) is 34.9. The lowest BCUT2D eigenvalue weighted by Gasteiger charge is -2.62. The summed E-state index contributed by atoms with van der Waals surface area (Å²) in [7, 11) is 0. The Kier molecular flexibility index (Phi) is 10.4. The van der Waals surface area contributed by atoms with Crippen LogP contribution < -0.4 is 5.32 Å². The molecule has 0 unspecified atom stereocenters. The van der Waals surface area contributed by atoms with E-state index in [-0.39, 0.29) is 51.4 Å². The van der Waals surface area contributed by atoms with Crippen LogP contribution in [0.1, 0.15) is 52.4 Å². The van der Waals surface area contributed by atoms with Crippen molar-refractivity contribution in [3.8, 4) is 0 Å². The van der Waals surface area contributed by atoms with E-state index in [1.54, 1.807) is 6.92 Å². The number of ketones is 2. The van der Waals surface area contributed by atoms with E-state index >= 15 is 4.39 Å². The van der Waals surface area contributed by atoms with Crippen LogP contribution in [0.25, 0.3) is 0 Å². The number of halogens is 1. The summed E-state index contributed by atoms with van der Waals surface area (Å²) in [6.07, 6.45) is -0.295. The van der Waals surface area contributed by atoms with Gasteiger partial charge in [0.05, 0.1) is 37.4 Å². The number of carbonyl (C=O) groups excluding carboxylic acids is 4. The van der Waals surface area contributed by atoms with Gasteiger partial charge in [0, 0.05) is 16.7 Å². The summed E-state index contributed by atoms with van der Waals surface area (Å²) < 4.78 is 31.7. The third kappa shape index (κ3) is 6.24. The Labute approximate surface area is 258 Å². The number of fused-ring (bicyclic) bond motifs is 5. The molecule has 0 saturated heterocycles. The molecule has 0 spiro atoms. The summed E-state index contributed by atoms with van der Waals surface area (Å²) in [5.41, 5.74) is -6.81. The molecule has 4 aliphatic carbocycles. The van der Waals surface area contributed by atoms with Gasteiger partial charge in [-0.25, -0.2) is 14.0 Å². The number of alkyl halides is 1. The van der Waals surface area contributed by atoms with Gasteiger partial charge in [0.25, 0.3) is 0 Å². The summed E-state index contributed by atoms with van der Waals surface area (Å²) in [6, 6.07) is 0. The summed E-state index contributed by atoms with van der Waals surface area (Å²) in [6.45, 7) is 1.71. The number of alkyl carbamates (subject to hydrolysis) is 1. The number of amides is 1. The molecule has 15 nitrogen and oxygen atoms in total. The van der Waals surface area contributed by atoms with Crippen molar-refractivity contribution in [1.29, 1.82) is 0 Å². The monoisotopic (exact) mass is 644 g/mol. The van der Waals surface area contributed by atoms with Gasteiger partial charge in [-0.15, -0.1) is 0 Å². The number of allylic oxidation sites excluding steroid dienone is 4. The number of carbonyl (C=O) groups is 4. The van der Waals surface area contributed by atoms with Gasteiger partial charge in [-0.3, -0.25) is 24.8 Å². The summed E-state index contributed by atoms with van der Waals surface area (Å²) in [5, 5.41) is 52.7. The lowest BCUT2D eigenvalue weighted by atomic mass is 9.44. The Bertz CT molecular complexity index is 1230. The third-order valence-electron chi connectivity index (χ3n) is 10.2. The molecule has 3 saturated carbocycles. The molecule has 4 aliphatic rings. The number of rotatable bonds is 12. The van der Waals surface area contributed by atoms with Gasteiger partial charge in [0.2, 0.25) is 5.78 Å². The maximum absolute atomic E-state index is 17.2. The van der Waals surface area contributed by atoms with Crippen LogP contribution in [0.15, 0.2) is 23.8 Å². The van der Waals surface area contributed by atoms with Crippen molar-refractivity contribution in [1.82, 2.24) is 10.7 Å². The number of aliphatic hydroxyl groups is 3. The number of nitrogens with one attached hydrogen (secondary N) is 1. The van der Waals surface area contributed by atoms with E-state index in [2.05, 4.69) is 10.2 Å². The minimum atomic E-state index is -2.44. The number of hydrogen-bond donors (Lipinski definition) is 6. The van der Waals surface area contributed by atoms with Gasteiger partial charge in [0.1, 0.15) is 6.61 Å². The third-order valence-corrected chi connectivity index (χ3v) is 10.2. The maximum atomic E-state index is 17.2. The molecule has 0 bridgehead atoms. The fourth-order valence-corrected chi connectivity index (χ4v) is 7.86. The second-order valence-corrected chi connectivity index (χ2v) is 12.4. The molecule has 0 aromatic heterocycles. The van der Waals surface area contributed by atoms with Gasteiger partial charge in [-0.2, -0.15) is 0 Å². The first-order chi connectivity index (χ1) is 21.1. The van der Waals surface area contributed by atoms with Crippen molar-refractivity contribution in [3.63, 3.8) is 0 Å². The van der Waals surface area contributed by atoms with E-state index in [9.17, 15) is 34.5 Å². The zero-order valence-corrected chi connectivity index (χ0v) is 25.1. The molecule has 0 radical (unpaired) electrons. The van der Waals surface area contributed by atoms with Crippen LogP contribution in [0.2, 0.25) is 0 Å². The molecule has 252 valence electrons. The van der Waals surface area contributed by atoms with E-state index in [0.717, 1.165) is 0 Å². The Morgan fingerprint density at radius 1 is 1.04 bits per heavy atom. The zero-order valence-electron chi connectivity index (χ0n) is 25.1. The van der Waals surface area contributed by atoms with E-state index < -0.39 is 76.2 Å². The van der Waals surface area contributed by atoms with E-state index in [1.807, 2.05) is 0 Å². The summed E-state index contributed by atoms with van der Waals surface area (Å²) in [5.74, 6) is -2.81. The highest BCUT2D eigenvalue weighted by Gasteiger charge is 2.76. The quantitative estimate of drug-likeness (QED) is 0.100. The second-order valence-electron chi connectivity index (χ2n) is 12.4. The summed E-state index contributed by atoms with van der Waals surface area (Å²) >= 11 is 0. The highest BCUT2D eigenvalue weighted by atomic mass is 19.1. The minimum Gasteiger partial charge on any atom is -0.441 e. The van der Waals surface area contributed by atoms with Crippen LogP contribution in [-0.4, -0.2) is 111 Å². The molecular formula is C29H41FN2O13. The zero-order chi connectivity index (χ0) is 33.2. The van der Waals surface area contributed by atoms with Crippen LogP contribution in [0, 0.1) is 22.7 Å². The van der Waals surface area contributed by atoms with E-state index in [0.29, 0.717) is 24.8 Å². The topological polar surface area (TPSA) is 222 Å². The largest absolute Gasteiger partial charge is 0.508 e. The molecule has 4 rings (SSSR count). The smallest absolute Gasteiger partial charge is 0.441 e. The van der Waals surface area contributed by atoms with Crippen molar-refractivity contribution in [2.75, 3.05) is 33.0 Å². The molecule has 8 atom stereocenters. The number of Topliss-reactive ketones (excluding diaryl/α,β-unsaturated/α-hetero) is 1. The van der Waals surface area contributed by atoms with Gasteiger partial charge < -0.3 is 34.8 Å². The van der Waals surface area contributed by atoms with Crippen LogP contribution >= 0.6 is 0 Å². The molecular weight excluding hydrogens is 603 g/mol. The van der Waals surface area contributed by atoms with Gasteiger partial charge in [0.15, 0.2) is 23.7 Å². The van der Waals surface area contributed by atoms with E-state index in [4.69, 9.17) is 24.6 Å². The minimum absolute atomic E-state index is 0.0170. The highest BCUT2D eigenvalue weighted by Crippen LogP contribution is 2.69. The molecule has 3 fully saturated rings. The molecule has 0 aromatic rings. The number of hydrogen-bond acceptors (Lipinski definition) is 14. The van der Waals surface area contributed by atoms with Crippen molar-refractivity contribution < 1.29 is 68.4 Å². The number of ether oxygens (including phenoxy) is 3. The Morgan fingerprint density at radius 3 is 2.44 bits per heavy atom. The van der Waals surface area contributed by atoms with Crippen LogP contribution in [0.3, 0.4) is 0 Å². The van der Waals surface area contributed by atoms with Gasteiger partial charge in [-0.1, -0.05) is 18.6 Å². The normalized spacial score (nSPS) is 36.8. The number of nitrogens with zero attached hydrogens (tertiary/aromatic N) is 1. The average Bonchev–Trinajstić information content (AvgIpc) is 3.18. The number of aliphatic hydroxyl groups excluding tert-OH is 2. The molecule has 6 N–H and O–H groups in total. The van der Waals surface area contributed by atoms with Crippen LogP contribution in [-0.2, 0) is 28.6 Å². The predicted molar refractivity (Wildman–Crippen MR) is 147 cm³/mol. The number of unbranched alkanes of at least 4 members (excludes halogenated alkanes) is 1. The first-order valence-corrected chi connectivity index (χ1v) is 14.9. The van der Waals surface area contributed by atoms with Gasteiger partial charge >= 0.3 is 12.2 Å². The molecule has 0 aromatic carbocycles. The van der Waals surface area contributed by atoms with Crippen molar-refractivity contribution in [2.45, 2.75) is 75.9 Å². The van der Waals surface area contributed by atoms with Crippen molar-refractivity contribution in [2.24, 2.45) is 22.7 Å². The average molecular weight is 645 g/mol. The highest BCUT2D eigenvalue weighted by molar-refractivity contribution is 6.01. The lowest BCUT2D eigenvalue weighted by molar-refractivity contribution is -0.492. The Balaban J connectivity index is 1.29. The molecule has 45 heavy (non-hydrogen) atoms. The molecule has 1 amide bonds.